The molecule has 6 heteroatoms. The van der Waals surface area contributed by atoms with E-state index in [-0.39, 0.29) is 5.91 Å². The minimum atomic E-state index is -0.228. The first kappa shape index (κ1) is 15.9. The zero-order valence-electron chi connectivity index (χ0n) is 12.4. The van der Waals surface area contributed by atoms with E-state index >= 15 is 0 Å². The highest BCUT2D eigenvalue weighted by atomic mass is 32.1. The zero-order chi connectivity index (χ0) is 15.2. The van der Waals surface area contributed by atoms with Gasteiger partial charge in [0.1, 0.15) is 0 Å². The molecule has 0 radical (unpaired) electrons. The first-order chi connectivity index (χ1) is 10.2. The number of thiophene rings is 1. The third-order valence-electron chi connectivity index (χ3n) is 3.48. The molecule has 0 saturated heterocycles. The number of benzene rings is 1. The molecular formula is C15H21N3O2S. The van der Waals surface area contributed by atoms with Gasteiger partial charge in [0.25, 0.3) is 5.91 Å². The Morgan fingerprint density at radius 2 is 2.19 bits per heavy atom. The number of nitrogens with zero attached hydrogens (tertiary/aromatic N) is 1. The molecule has 0 spiro atoms. The predicted molar refractivity (Wildman–Crippen MR) is 86.3 cm³/mol. The molecule has 2 aromatic rings. The van der Waals surface area contributed by atoms with Crippen molar-refractivity contribution < 1.29 is 9.53 Å². The third kappa shape index (κ3) is 3.59. The van der Waals surface area contributed by atoms with Gasteiger partial charge >= 0.3 is 0 Å². The fraction of sp³-hybridized carbons (Fsp3) is 0.400. The largest absolute Gasteiger partial charge is 0.383 e. The average molecular weight is 307 g/mol. The molecule has 0 aliphatic carbocycles. The topological polar surface area (TPSA) is 67.6 Å². The molecule has 0 aliphatic rings. The van der Waals surface area contributed by atoms with Crippen LogP contribution >= 0.6 is 11.3 Å². The van der Waals surface area contributed by atoms with Crippen LogP contribution in [-0.4, -0.2) is 37.6 Å². The molecule has 0 fully saturated rings. The lowest BCUT2D eigenvalue weighted by atomic mass is 10.1. The Morgan fingerprint density at radius 1 is 1.43 bits per heavy atom. The highest BCUT2D eigenvalue weighted by Crippen LogP contribution is 2.32. The van der Waals surface area contributed by atoms with Gasteiger partial charge < -0.3 is 4.74 Å². The number of fused-ring (bicyclic) bond motifs is 1. The smallest absolute Gasteiger partial charge is 0.275 e. The summed E-state index contributed by atoms with van der Waals surface area (Å²) in [7, 11) is 1.70. The Labute approximate surface area is 128 Å². The Morgan fingerprint density at radius 3 is 2.86 bits per heavy atom. The summed E-state index contributed by atoms with van der Waals surface area (Å²) in [4.78, 5) is 15.0. The Balaban J connectivity index is 2.37. The van der Waals surface area contributed by atoms with Crippen LogP contribution in [0.2, 0.25) is 0 Å². The number of ether oxygens (including phenoxy) is 1. The molecule has 1 aromatic carbocycles. The van der Waals surface area contributed by atoms with Gasteiger partial charge in [0.05, 0.1) is 11.5 Å². The highest BCUT2D eigenvalue weighted by molar-refractivity contribution is 7.21. The van der Waals surface area contributed by atoms with Crippen LogP contribution in [-0.2, 0) is 11.3 Å². The number of hydrazine groups is 1. The normalized spacial score (nSPS) is 11.2. The quantitative estimate of drug-likeness (QED) is 0.466. The molecule has 114 valence electrons. The second-order valence-corrected chi connectivity index (χ2v) is 5.79. The molecular weight excluding hydrogens is 286 g/mol. The van der Waals surface area contributed by atoms with Crippen LogP contribution in [0.15, 0.2) is 24.3 Å². The van der Waals surface area contributed by atoms with Crippen molar-refractivity contribution in [3.63, 3.8) is 0 Å². The summed E-state index contributed by atoms with van der Waals surface area (Å²) in [6.07, 6.45) is 0. The van der Waals surface area contributed by atoms with Crippen molar-refractivity contribution in [2.24, 2.45) is 5.84 Å². The van der Waals surface area contributed by atoms with Crippen molar-refractivity contribution in [1.29, 1.82) is 0 Å². The number of likely N-dealkylation sites (N-methyl/N-ethyl adjacent to an activating group) is 1. The van der Waals surface area contributed by atoms with Gasteiger partial charge in [0.15, 0.2) is 0 Å². The second kappa shape index (κ2) is 7.51. The number of methoxy groups -OCH3 is 1. The van der Waals surface area contributed by atoms with Crippen molar-refractivity contribution in [2.45, 2.75) is 13.5 Å². The number of hydrogen-bond acceptors (Lipinski definition) is 5. The van der Waals surface area contributed by atoms with Crippen LogP contribution in [0, 0.1) is 0 Å². The van der Waals surface area contributed by atoms with Crippen molar-refractivity contribution in [2.75, 3.05) is 26.8 Å². The molecule has 1 heterocycles. The van der Waals surface area contributed by atoms with Gasteiger partial charge in [-0.3, -0.25) is 15.1 Å². The fourth-order valence-corrected chi connectivity index (χ4v) is 3.41. The molecule has 1 aromatic heterocycles. The van der Waals surface area contributed by atoms with Crippen molar-refractivity contribution >= 4 is 27.3 Å². The number of nitrogens with two attached hydrogens (primary N) is 1. The van der Waals surface area contributed by atoms with E-state index in [0.29, 0.717) is 18.0 Å². The maximum atomic E-state index is 12.0. The minimum absolute atomic E-state index is 0.228. The standard InChI is InChI=1S/C15H21N3O2S/c1-3-18(8-9-20-2)10-12-11-6-4-5-7-13(11)21-14(12)15(19)17-16/h4-7H,3,8-10,16H2,1-2H3,(H,17,19). The van der Waals surface area contributed by atoms with Crippen LogP contribution in [0.5, 0.6) is 0 Å². The van der Waals surface area contributed by atoms with Crippen LogP contribution in [0.4, 0.5) is 0 Å². The summed E-state index contributed by atoms with van der Waals surface area (Å²) in [6.45, 7) is 5.23. The second-order valence-electron chi connectivity index (χ2n) is 4.74. The molecule has 0 unspecified atom stereocenters. The molecule has 0 atom stereocenters. The van der Waals surface area contributed by atoms with Gasteiger partial charge in [-0.2, -0.15) is 0 Å². The zero-order valence-corrected chi connectivity index (χ0v) is 13.2. The van der Waals surface area contributed by atoms with E-state index in [1.165, 1.54) is 11.3 Å². The molecule has 1 amide bonds. The summed E-state index contributed by atoms with van der Waals surface area (Å²) >= 11 is 1.48. The van der Waals surface area contributed by atoms with Crippen LogP contribution in [0.25, 0.3) is 10.1 Å². The summed E-state index contributed by atoms with van der Waals surface area (Å²) in [5.41, 5.74) is 3.28. The first-order valence-electron chi connectivity index (χ1n) is 6.93. The predicted octanol–water partition coefficient (Wildman–Crippen LogP) is 1.97. The molecule has 0 bridgehead atoms. The van der Waals surface area contributed by atoms with E-state index in [4.69, 9.17) is 10.6 Å². The number of nitrogens with one attached hydrogen (secondary N) is 1. The minimum Gasteiger partial charge on any atom is -0.383 e. The fourth-order valence-electron chi connectivity index (χ4n) is 2.30. The number of carbonyl (C=O) groups is 1. The highest BCUT2D eigenvalue weighted by Gasteiger charge is 2.19. The first-order valence-corrected chi connectivity index (χ1v) is 7.75. The van der Waals surface area contributed by atoms with E-state index in [9.17, 15) is 4.79 Å². The summed E-state index contributed by atoms with van der Waals surface area (Å²) in [5.74, 6) is 5.08. The lowest BCUT2D eigenvalue weighted by Crippen LogP contribution is -2.31. The average Bonchev–Trinajstić information content (AvgIpc) is 2.89. The Hall–Kier alpha value is -1.47. The van der Waals surface area contributed by atoms with E-state index in [2.05, 4.69) is 23.3 Å². The Bertz CT molecular complexity index is 612. The molecule has 21 heavy (non-hydrogen) atoms. The number of carbonyl (C=O) groups excluding carboxylic acids is 1. The summed E-state index contributed by atoms with van der Waals surface area (Å²) in [6, 6.07) is 8.06. The van der Waals surface area contributed by atoms with Gasteiger partial charge in [-0.15, -0.1) is 11.3 Å². The summed E-state index contributed by atoms with van der Waals surface area (Å²) < 4.78 is 6.25. The number of amides is 1. The van der Waals surface area contributed by atoms with Crippen molar-refractivity contribution in [3.8, 4) is 0 Å². The number of rotatable bonds is 7. The monoisotopic (exact) mass is 307 g/mol. The molecule has 3 N–H and O–H groups in total. The number of nitrogen functional groups attached to an aromatic ring is 1. The summed E-state index contributed by atoms with van der Waals surface area (Å²) in [5, 5.41) is 1.12. The Kier molecular flexibility index (Phi) is 5.69. The number of hydrogen-bond donors (Lipinski definition) is 2. The lowest BCUT2D eigenvalue weighted by Gasteiger charge is -2.20. The van der Waals surface area contributed by atoms with E-state index in [1.54, 1.807) is 7.11 Å². The molecule has 2 rings (SSSR count). The van der Waals surface area contributed by atoms with Gasteiger partial charge in [-0.1, -0.05) is 25.1 Å². The molecule has 0 aliphatic heterocycles. The van der Waals surface area contributed by atoms with Crippen LogP contribution in [0.3, 0.4) is 0 Å². The van der Waals surface area contributed by atoms with E-state index < -0.39 is 0 Å². The van der Waals surface area contributed by atoms with Gasteiger partial charge in [-0.25, -0.2) is 5.84 Å². The van der Waals surface area contributed by atoms with Crippen molar-refractivity contribution in [1.82, 2.24) is 10.3 Å². The molecule has 5 nitrogen and oxygen atoms in total. The SMILES string of the molecule is CCN(CCOC)Cc1c(C(=O)NN)sc2ccccc12. The molecule has 0 saturated carbocycles. The maximum Gasteiger partial charge on any atom is 0.275 e. The van der Waals surface area contributed by atoms with Gasteiger partial charge in [0.2, 0.25) is 0 Å². The maximum absolute atomic E-state index is 12.0. The van der Waals surface area contributed by atoms with Gasteiger partial charge in [0, 0.05) is 24.9 Å². The van der Waals surface area contributed by atoms with Crippen LogP contribution in [0.1, 0.15) is 22.2 Å². The van der Waals surface area contributed by atoms with E-state index in [0.717, 1.165) is 28.7 Å². The van der Waals surface area contributed by atoms with Crippen LogP contribution < -0.4 is 11.3 Å². The van der Waals surface area contributed by atoms with E-state index in [1.807, 2.05) is 18.2 Å². The third-order valence-corrected chi connectivity index (χ3v) is 4.69. The lowest BCUT2D eigenvalue weighted by molar-refractivity contribution is 0.0955. The van der Waals surface area contributed by atoms with Gasteiger partial charge in [-0.05, 0) is 23.6 Å². The van der Waals surface area contributed by atoms with Crippen molar-refractivity contribution in [3.05, 3.63) is 34.7 Å².